The number of sulfonamides is 1. The summed E-state index contributed by atoms with van der Waals surface area (Å²) >= 11 is 0. The van der Waals surface area contributed by atoms with Crippen molar-refractivity contribution in [1.29, 1.82) is 0 Å². The van der Waals surface area contributed by atoms with Gasteiger partial charge in [-0.25, -0.2) is 18.1 Å². The molecule has 0 radical (unpaired) electrons. The third kappa shape index (κ3) is 4.65. The van der Waals surface area contributed by atoms with Gasteiger partial charge in [0.2, 0.25) is 22.7 Å². The Bertz CT molecular complexity index is 1390. The molecule has 5 rings (SSSR count). The highest BCUT2D eigenvalue weighted by Gasteiger charge is 2.51. The van der Waals surface area contributed by atoms with Gasteiger partial charge in [-0.2, -0.15) is 0 Å². The van der Waals surface area contributed by atoms with Gasteiger partial charge in [-0.3, -0.25) is 4.79 Å². The lowest BCUT2D eigenvalue weighted by Crippen LogP contribution is -2.39. The summed E-state index contributed by atoms with van der Waals surface area (Å²) in [6.07, 6.45) is 1.44. The Balaban J connectivity index is 0.00000320. The van der Waals surface area contributed by atoms with Gasteiger partial charge >= 0.3 is 0 Å². The number of benzene rings is 2. The number of aliphatic hydroxyl groups is 2. The van der Waals surface area contributed by atoms with Crippen molar-refractivity contribution in [1.82, 2.24) is 9.71 Å². The minimum atomic E-state index is -3.91. The molecule has 190 valence electrons. The SMILES string of the molecule is O=C(Nc1cccc(-c2ccc(S(=O)(=O)NC(CO)CO)cc2)n1)C1(c2ccc3c(c2)OCO3)CC1.[HH]. The summed E-state index contributed by atoms with van der Waals surface area (Å²) in [6.45, 7) is -0.873. The molecule has 0 bridgehead atoms. The topological polar surface area (TPSA) is 147 Å². The first-order chi connectivity index (χ1) is 17.3. The maximum Gasteiger partial charge on any atom is 0.240 e. The summed E-state index contributed by atoms with van der Waals surface area (Å²) in [5.74, 6) is 1.54. The van der Waals surface area contributed by atoms with Crippen LogP contribution in [0, 0.1) is 0 Å². The smallest absolute Gasteiger partial charge is 0.240 e. The van der Waals surface area contributed by atoms with Crippen LogP contribution in [0.3, 0.4) is 0 Å². The Hall–Kier alpha value is -3.51. The largest absolute Gasteiger partial charge is 0.454 e. The molecule has 1 fully saturated rings. The first-order valence-electron chi connectivity index (χ1n) is 11.4. The zero-order valence-corrected chi connectivity index (χ0v) is 20.0. The molecule has 2 aromatic carbocycles. The molecule has 0 unspecified atom stereocenters. The summed E-state index contributed by atoms with van der Waals surface area (Å²) in [7, 11) is -3.91. The molecule has 0 saturated heterocycles. The number of anilines is 1. The number of hydrogen-bond donors (Lipinski definition) is 4. The van der Waals surface area contributed by atoms with Gasteiger partial charge in [-0.1, -0.05) is 24.3 Å². The quantitative estimate of drug-likeness (QED) is 0.340. The summed E-state index contributed by atoms with van der Waals surface area (Å²) in [4.78, 5) is 17.7. The fraction of sp³-hybridized carbons (Fsp3) is 0.280. The van der Waals surface area contributed by atoms with Crippen LogP contribution in [0.25, 0.3) is 11.3 Å². The molecule has 10 nitrogen and oxygen atoms in total. The third-order valence-corrected chi connectivity index (χ3v) is 7.86. The average molecular weight is 514 g/mol. The van der Waals surface area contributed by atoms with Crippen molar-refractivity contribution >= 4 is 21.7 Å². The van der Waals surface area contributed by atoms with Crippen LogP contribution in [0.5, 0.6) is 11.5 Å². The van der Waals surface area contributed by atoms with Crippen molar-refractivity contribution in [2.24, 2.45) is 0 Å². The Morgan fingerprint density at radius 3 is 2.44 bits per heavy atom. The van der Waals surface area contributed by atoms with Crippen molar-refractivity contribution in [2.45, 2.75) is 29.2 Å². The summed E-state index contributed by atoms with van der Waals surface area (Å²) < 4.78 is 38.0. The molecule has 11 heteroatoms. The minimum absolute atomic E-state index is 0. The second-order valence-corrected chi connectivity index (χ2v) is 10.4. The van der Waals surface area contributed by atoms with E-state index in [0.29, 0.717) is 28.6 Å². The molecule has 1 aliphatic heterocycles. The van der Waals surface area contributed by atoms with Gasteiger partial charge in [-0.15, -0.1) is 0 Å². The molecular weight excluding hydrogens is 486 g/mol. The number of fused-ring (bicyclic) bond motifs is 1. The van der Waals surface area contributed by atoms with E-state index in [2.05, 4.69) is 15.0 Å². The number of hydrogen-bond acceptors (Lipinski definition) is 8. The van der Waals surface area contributed by atoms with E-state index in [4.69, 9.17) is 19.7 Å². The highest BCUT2D eigenvalue weighted by Crippen LogP contribution is 2.51. The lowest BCUT2D eigenvalue weighted by Gasteiger charge is -2.16. The van der Waals surface area contributed by atoms with E-state index in [9.17, 15) is 13.2 Å². The van der Waals surface area contributed by atoms with Crippen LogP contribution >= 0.6 is 0 Å². The monoisotopic (exact) mass is 513 g/mol. The van der Waals surface area contributed by atoms with Gasteiger partial charge in [0.1, 0.15) is 5.82 Å². The summed E-state index contributed by atoms with van der Waals surface area (Å²) in [6, 6.07) is 15.8. The number of carbonyl (C=O) groups is 1. The number of carbonyl (C=O) groups excluding carboxylic acids is 1. The molecule has 1 aliphatic carbocycles. The number of rotatable bonds is 9. The molecule has 1 aromatic heterocycles. The van der Waals surface area contributed by atoms with E-state index < -0.39 is 34.7 Å². The van der Waals surface area contributed by atoms with Crippen LogP contribution in [-0.2, 0) is 20.2 Å². The Morgan fingerprint density at radius 1 is 1.03 bits per heavy atom. The molecule has 2 aliphatic rings. The highest BCUT2D eigenvalue weighted by atomic mass is 32.2. The third-order valence-electron chi connectivity index (χ3n) is 6.32. The van der Waals surface area contributed by atoms with Crippen molar-refractivity contribution in [2.75, 3.05) is 25.3 Å². The Labute approximate surface area is 209 Å². The fourth-order valence-corrected chi connectivity index (χ4v) is 5.31. The predicted molar refractivity (Wildman–Crippen MR) is 132 cm³/mol. The maximum atomic E-state index is 13.2. The van der Waals surface area contributed by atoms with Gasteiger partial charge in [0.05, 0.1) is 35.3 Å². The second kappa shape index (κ2) is 9.51. The van der Waals surface area contributed by atoms with Crippen molar-refractivity contribution in [3.05, 3.63) is 66.2 Å². The number of aromatic nitrogens is 1. The Morgan fingerprint density at radius 2 is 1.75 bits per heavy atom. The van der Waals surface area contributed by atoms with E-state index in [1.54, 1.807) is 30.3 Å². The normalized spacial score (nSPS) is 15.6. The zero-order valence-electron chi connectivity index (χ0n) is 19.2. The lowest BCUT2D eigenvalue weighted by molar-refractivity contribution is -0.118. The van der Waals surface area contributed by atoms with Crippen LogP contribution in [0.1, 0.15) is 19.8 Å². The number of pyridine rings is 1. The van der Waals surface area contributed by atoms with Gasteiger partial charge in [0.25, 0.3) is 0 Å². The number of ether oxygens (including phenoxy) is 2. The van der Waals surface area contributed by atoms with E-state index in [1.807, 2.05) is 18.2 Å². The predicted octanol–water partition coefficient (Wildman–Crippen LogP) is 2.03. The molecular formula is C25H27N3O7S. The average Bonchev–Trinajstić information content (AvgIpc) is 3.58. The van der Waals surface area contributed by atoms with Crippen molar-refractivity contribution in [3.63, 3.8) is 0 Å². The van der Waals surface area contributed by atoms with E-state index in [1.165, 1.54) is 12.1 Å². The van der Waals surface area contributed by atoms with Gasteiger partial charge in [-0.05, 0) is 54.8 Å². The number of nitrogens with one attached hydrogen (secondary N) is 2. The number of nitrogens with zero attached hydrogens (tertiary/aromatic N) is 1. The van der Waals surface area contributed by atoms with Gasteiger partial charge in [0.15, 0.2) is 11.5 Å². The number of amides is 1. The van der Waals surface area contributed by atoms with Crippen LogP contribution in [0.4, 0.5) is 5.82 Å². The van der Waals surface area contributed by atoms with Crippen LogP contribution < -0.4 is 19.5 Å². The van der Waals surface area contributed by atoms with Crippen LogP contribution in [0.15, 0.2) is 65.6 Å². The summed E-state index contributed by atoms with van der Waals surface area (Å²) in [5, 5.41) is 21.2. The maximum absolute atomic E-state index is 13.2. The zero-order chi connectivity index (χ0) is 25.3. The first-order valence-corrected chi connectivity index (χ1v) is 12.9. The van der Waals surface area contributed by atoms with Crippen molar-refractivity contribution < 1.29 is 34.3 Å². The van der Waals surface area contributed by atoms with Gasteiger partial charge in [0, 0.05) is 6.99 Å². The molecule has 1 saturated carbocycles. The van der Waals surface area contributed by atoms with Crippen molar-refractivity contribution in [3.8, 4) is 22.8 Å². The molecule has 4 N–H and O–H groups in total. The lowest BCUT2D eigenvalue weighted by atomic mass is 9.94. The summed E-state index contributed by atoms with van der Waals surface area (Å²) in [5.41, 5.74) is 1.45. The van der Waals surface area contributed by atoms with E-state index >= 15 is 0 Å². The first kappa shape index (κ1) is 24.2. The molecule has 36 heavy (non-hydrogen) atoms. The minimum Gasteiger partial charge on any atom is -0.454 e. The van der Waals surface area contributed by atoms with Crippen LogP contribution in [-0.4, -0.2) is 55.6 Å². The van der Waals surface area contributed by atoms with Gasteiger partial charge < -0.3 is 25.0 Å². The number of aliphatic hydroxyl groups excluding tert-OH is 2. The van der Waals surface area contributed by atoms with E-state index in [-0.39, 0.29) is 19.0 Å². The highest BCUT2D eigenvalue weighted by molar-refractivity contribution is 7.89. The second-order valence-electron chi connectivity index (χ2n) is 8.72. The molecule has 3 aromatic rings. The fourth-order valence-electron chi connectivity index (χ4n) is 4.09. The standard InChI is InChI=1S/C25H25N3O7S.H2/c29-13-18(14-30)28-36(32,33)19-7-4-16(5-8-19)20-2-1-3-23(26-20)27-24(31)25(10-11-25)17-6-9-21-22(12-17)35-15-34-21;/h1-9,12,18,28-30H,10-11,13-15H2,(H,26,27,31);1H. The van der Waals surface area contributed by atoms with E-state index in [0.717, 1.165) is 18.4 Å². The Kier molecular flexibility index (Phi) is 6.39. The molecule has 0 spiro atoms. The van der Waals surface area contributed by atoms with Crippen LogP contribution in [0.2, 0.25) is 0 Å². The molecule has 0 atom stereocenters. The molecule has 1 amide bonds. The molecule has 2 heterocycles.